The van der Waals surface area contributed by atoms with E-state index in [-0.39, 0.29) is 11.5 Å². The summed E-state index contributed by atoms with van der Waals surface area (Å²) in [6, 6.07) is 1.52. The molecule has 4 nitrogen and oxygen atoms in total. The molecule has 0 saturated heterocycles. The van der Waals surface area contributed by atoms with Gasteiger partial charge in [-0.1, -0.05) is 0 Å². The molecule has 0 aliphatic carbocycles. The van der Waals surface area contributed by atoms with Gasteiger partial charge in [-0.15, -0.1) is 11.3 Å². The molecular weight excluding hydrogens is 222 g/mol. The van der Waals surface area contributed by atoms with E-state index in [1.165, 1.54) is 35.8 Å². The van der Waals surface area contributed by atoms with Crippen molar-refractivity contribution in [3.8, 4) is 0 Å². The summed E-state index contributed by atoms with van der Waals surface area (Å²) in [5, 5.41) is 8.88. The second kappa shape index (κ2) is 3.98. The van der Waals surface area contributed by atoms with Gasteiger partial charge in [0.05, 0.1) is 11.5 Å². The lowest BCUT2D eigenvalue weighted by atomic mass is 10.4. The number of aliphatic hydroxyl groups excluding tert-OH is 1. The molecule has 1 heterocycles. The van der Waals surface area contributed by atoms with Gasteiger partial charge in [0.1, 0.15) is 0 Å². The second-order valence-corrected chi connectivity index (χ2v) is 6.54. The molecule has 80 valence electrons. The van der Waals surface area contributed by atoms with Crippen LogP contribution in [-0.2, 0) is 16.6 Å². The highest BCUT2D eigenvalue weighted by Gasteiger charge is 2.21. The largest absolute Gasteiger partial charge is 0.391 e. The molecule has 0 unspecified atom stereocenters. The fourth-order valence-electron chi connectivity index (χ4n) is 1.05. The van der Waals surface area contributed by atoms with Crippen LogP contribution in [0.2, 0.25) is 0 Å². The van der Waals surface area contributed by atoms with E-state index in [2.05, 4.69) is 0 Å². The number of hydrogen-bond donors (Lipinski definition) is 1. The standard InChI is InChI=1S/C8H13NO3S2/c1-6-8(4-7(5-10)13-6)14(11,12)9(2)3/h4,10H,5H2,1-3H3. The maximum atomic E-state index is 11.7. The van der Waals surface area contributed by atoms with Gasteiger partial charge in [-0.25, -0.2) is 12.7 Å². The van der Waals surface area contributed by atoms with E-state index in [1.54, 1.807) is 6.92 Å². The predicted octanol–water partition coefficient (Wildman–Crippen LogP) is 0.799. The van der Waals surface area contributed by atoms with Crippen molar-refractivity contribution < 1.29 is 13.5 Å². The first-order chi connectivity index (χ1) is 6.39. The molecule has 0 aliphatic rings. The Morgan fingerprint density at radius 3 is 2.43 bits per heavy atom. The summed E-state index contributed by atoms with van der Waals surface area (Å²) in [5.74, 6) is 0. The van der Waals surface area contributed by atoms with Crippen molar-refractivity contribution in [3.05, 3.63) is 15.8 Å². The van der Waals surface area contributed by atoms with Gasteiger partial charge < -0.3 is 5.11 Å². The van der Waals surface area contributed by atoms with E-state index in [1.807, 2.05) is 0 Å². The molecule has 0 amide bonds. The minimum Gasteiger partial charge on any atom is -0.391 e. The average molecular weight is 235 g/mol. The zero-order valence-corrected chi connectivity index (χ0v) is 9.94. The topological polar surface area (TPSA) is 57.6 Å². The Labute approximate surface area is 87.8 Å². The quantitative estimate of drug-likeness (QED) is 0.843. The number of nitrogens with zero attached hydrogens (tertiary/aromatic N) is 1. The first-order valence-corrected chi connectivity index (χ1v) is 6.28. The lowest BCUT2D eigenvalue weighted by Crippen LogP contribution is -2.22. The van der Waals surface area contributed by atoms with Gasteiger partial charge in [-0.05, 0) is 13.0 Å². The van der Waals surface area contributed by atoms with Crippen LogP contribution in [0, 0.1) is 6.92 Å². The highest BCUT2D eigenvalue weighted by atomic mass is 32.2. The van der Waals surface area contributed by atoms with Gasteiger partial charge in [0.15, 0.2) is 0 Å². The number of aliphatic hydroxyl groups is 1. The van der Waals surface area contributed by atoms with Gasteiger partial charge in [-0.2, -0.15) is 0 Å². The van der Waals surface area contributed by atoms with Crippen LogP contribution in [0.25, 0.3) is 0 Å². The third-order valence-electron chi connectivity index (χ3n) is 1.84. The average Bonchev–Trinajstić information content (AvgIpc) is 2.47. The molecule has 0 bridgehead atoms. The molecule has 0 aliphatic heterocycles. The van der Waals surface area contributed by atoms with Crippen LogP contribution in [0.1, 0.15) is 9.75 Å². The monoisotopic (exact) mass is 235 g/mol. The Kier molecular flexibility index (Phi) is 3.31. The fraction of sp³-hybridized carbons (Fsp3) is 0.500. The molecule has 1 aromatic heterocycles. The molecule has 0 aromatic carbocycles. The lowest BCUT2D eigenvalue weighted by Gasteiger charge is -2.10. The summed E-state index contributed by atoms with van der Waals surface area (Å²) < 4.78 is 24.6. The molecule has 0 spiro atoms. The predicted molar refractivity (Wildman–Crippen MR) is 55.9 cm³/mol. The van der Waals surface area contributed by atoms with Crippen LogP contribution in [0.3, 0.4) is 0 Å². The number of sulfonamides is 1. The van der Waals surface area contributed by atoms with Crippen LogP contribution in [0.4, 0.5) is 0 Å². The SMILES string of the molecule is Cc1sc(CO)cc1S(=O)(=O)N(C)C. The van der Waals surface area contributed by atoms with Gasteiger partial charge >= 0.3 is 0 Å². The minimum atomic E-state index is -3.36. The number of thiophene rings is 1. The van der Waals surface area contributed by atoms with Crippen molar-refractivity contribution in [2.75, 3.05) is 14.1 Å². The van der Waals surface area contributed by atoms with Crippen molar-refractivity contribution in [2.45, 2.75) is 18.4 Å². The molecule has 0 fully saturated rings. The summed E-state index contributed by atoms with van der Waals surface area (Å²) in [6.45, 7) is 1.62. The number of rotatable bonds is 3. The molecule has 0 radical (unpaired) electrons. The third kappa shape index (κ3) is 1.98. The van der Waals surface area contributed by atoms with E-state index >= 15 is 0 Å². The molecule has 14 heavy (non-hydrogen) atoms. The summed E-state index contributed by atoms with van der Waals surface area (Å²) in [4.78, 5) is 1.67. The number of aryl methyl sites for hydroxylation is 1. The van der Waals surface area contributed by atoms with E-state index in [0.29, 0.717) is 9.75 Å². The first kappa shape index (κ1) is 11.6. The van der Waals surface area contributed by atoms with Crippen LogP contribution >= 0.6 is 11.3 Å². The molecular formula is C8H13NO3S2. The maximum Gasteiger partial charge on any atom is 0.243 e. The summed E-state index contributed by atoms with van der Waals surface area (Å²) >= 11 is 1.30. The summed E-state index contributed by atoms with van der Waals surface area (Å²) in [6.07, 6.45) is 0. The highest BCUT2D eigenvalue weighted by Crippen LogP contribution is 2.27. The molecule has 0 atom stereocenters. The van der Waals surface area contributed by atoms with E-state index in [4.69, 9.17) is 5.11 Å². The fourth-order valence-corrected chi connectivity index (χ4v) is 3.41. The van der Waals surface area contributed by atoms with Gasteiger partial charge in [0.25, 0.3) is 0 Å². The molecule has 1 aromatic rings. The second-order valence-electron chi connectivity index (χ2n) is 3.08. The third-order valence-corrected chi connectivity index (χ3v) is 4.94. The lowest BCUT2D eigenvalue weighted by molar-refractivity contribution is 0.285. The van der Waals surface area contributed by atoms with Crippen molar-refractivity contribution in [1.82, 2.24) is 4.31 Å². The van der Waals surface area contributed by atoms with Crippen molar-refractivity contribution in [3.63, 3.8) is 0 Å². The van der Waals surface area contributed by atoms with Gasteiger partial charge in [-0.3, -0.25) is 0 Å². The highest BCUT2D eigenvalue weighted by molar-refractivity contribution is 7.89. The van der Waals surface area contributed by atoms with E-state index in [0.717, 1.165) is 0 Å². The van der Waals surface area contributed by atoms with E-state index in [9.17, 15) is 8.42 Å². The zero-order valence-electron chi connectivity index (χ0n) is 8.31. The Hall–Kier alpha value is -0.430. The van der Waals surface area contributed by atoms with E-state index < -0.39 is 10.0 Å². The van der Waals surface area contributed by atoms with Crippen molar-refractivity contribution in [1.29, 1.82) is 0 Å². The summed E-state index contributed by atoms with van der Waals surface area (Å²) in [5.41, 5.74) is 0. The smallest absolute Gasteiger partial charge is 0.243 e. The van der Waals surface area contributed by atoms with Crippen LogP contribution in [-0.4, -0.2) is 31.9 Å². The van der Waals surface area contributed by atoms with Crippen LogP contribution < -0.4 is 0 Å². The Morgan fingerprint density at radius 2 is 2.07 bits per heavy atom. The maximum absolute atomic E-state index is 11.7. The first-order valence-electron chi connectivity index (χ1n) is 4.02. The summed E-state index contributed by atoms with van der Waals surface area (Å²) in [7, 11) is -0.382. The molecule has 0 saturated carbocycles. The molecule has 6 heteroatoms. The van der Waals surface area contributed by atoms with Crippen LogP contribution in [0.5, 0.6) is 0 Å². The molecule has 1 rings (SSSR count). The Morgan fingerprint density at radius 1 is 1.50 bits per heavy atom. The number of hydrogen-bond acceptors (Lipinski definition) is 4. The van der Waals surface area contributed by atoms with Gasteiger partial charge in [0.2, 0.25) is 10.0 Å². The zero-order chi connectivity index (χ0) is 10.9. The van der Waals surface area contributed by atoms with Crippen LogP contribution in [0.15, 0.2) is 11.0 Å². The Balaban J connectivity index is 3.26. The van der Waals surface area contributed by atoms with Crippen molar-refractivity contribution >= 4 is 21.4 Å². The molecule has 1 N–H and O–H groups in total. The minimum absolute atomic E-state index is 0.117. The van der Waals surface area contributed by atoms with Crippen molar-refractivity contribution in [2.24, 2.45) is 0 Å². The van der Waals surface area contributed by atoms with Gasteiger partial charge in [0, 0.05) is 23.8 Å². The Bertz CT molecular complexity index is 420. The normalized spacial score (nSPS) is 12.4.